The molecule has 1 aromatic carbocycles. The maximum atomic E-state index is 11.7. The first-order valence-electron chi connectivity index (χ1n) is 8.94. The van der Waals surface area contributed by atoms with Crippen LogP contribution in [0.3, 0.4) is 0 Å². The van der Waals surface area contributed by atoms with Crippen molar-refractivity contribution in [2.24, 2.45) is 0 Å². The second-order valence-electron chi connectivity index (χ2n) is 6.51. The predicted molar refractivity (Wildman–Crippen MR) is 110 cm³/mol. The van der Waals surface area contributed by atoms with Gasteiger partial charge in [0.15, 0.2) is 0 Å². The number of rotatable bonds is 5. The van der Waals surface area contributed by atoms with Crippen molar-refractivity contribution < 1.29 is 9.53 Å². The number of methoxy groups -OCH3 is 1. The third-order valence-corrected chi connectivity index (χ3v) is 4.59. The summed E-state index contributed by atoms with van der Waals surface area (Å²) >= 11 is 0. The van der Waals surface area contributed by atoms with Gasteiger partial charge in [0.25, 0.3) is 0 Å². The number of pyridine rings is 1. The number of carbonyl (C=O) groups is 1. The molecular weight excluding hydrogens is 380 g/mol. The van der Waals surface area contributed by atoms with Gasteiger partial charge in [0.05, 0.1) is 23.7 Å². The molecular formula is C19H23ClN6O2. The Labute approximate surface area is 169 Å². The molecule has 0 spiro atoms. The van der Waals surface area contributed by atoms with Gasteiger partial charge in [-0.3, -0.25) is 4.90 Å². The number of benzene rings is 1. The number of hydrogen-bond donors (Lipinski definition) is 3. The molecule has 1 fully saturated rings. The zero-order chi connectivity index (χ0) is 18.6. The van der Waals surface area contributed by atoms with E-state index in [-0.39, 0.29) is 18.4 Å². The van der Waals surface area contributed by atoms with Gasteiger partial charge >= 0.3 is 5.97 Å². The van der Waals surface area contributed by atoms with Crippen molar-refractivity contribution in [1.29, 1.82) is 0 Å². The van der Waals surface area contributed by atoms with Gasteiger partial charge in [0.1, 0.15) is 5.82 Å². The second kappa shape index (κ2) is 9.01. The molecule has 4 rings (SSSR count). The number of aromatic nitrogens is 3. The standard InChI is InChI=1S/C19H22N6O2.ClH/c1-27-18(26)14-2-3-15-16(11-14)23-19(22-15)24-17-10-13(4-5-21-17)12-25-8-6-20-7-9-25;/h2-5,10-11,20H,6-9,12H2,1H3,(H2,21,22,23,24);1H. The van der Waals surface area contributed by atoms with Crippen LogP contribution in [0.2, 0.25) is 0 Å². The minimum absolute atomic E-state index is 0. The smallest absolute Gasteiger partial charge is 0.337 e. The summed E-state index contributed by atoms with van der Waals surface area (Å²) in [5, 5.41) is 6.57. The minimum atomic E-state index is -0.372. The van der Waals surface area contributed by atoms with Crippen molar-refractivity contribution in [1.82, 2.24) is 25.2 Å². The summed E-state index contributed by atoms with van der Waals surface area (Å²) in [6.45, 7) is 5.07. The molecule has 28 heavy (non-hydrogen) atoms. The highest BCUT2D eigenvalue weighted by molar-refractivity contribution is 5.94. The molecule has 0 atom stereocenters. The van der Waals surface area contributed by atoms with E-state index in [1.165, 1.54) is 12.7 Å². The number of H-pyrrole nitrogens is 1. The van der Waals surface area contributed by atoms with Crippen molar-refractivity contribution in [2.45, 2.75) is 6.54 Å². The van der Waals surface area contributed by atoms with Gasteiger partial charge in [-0.25, -0.2) is 14.8 Å². The Morgan fingerprint density at radius 3 is 2.86 bits per heavy atom. The first-order valence-corrected chi connectivity index (χ1v) is 8.94. The average molecular weight is 403 g/mol. The summed E-state index contributed by atoms with van der Waals surface area (Å²) in [4.78, 5) is 26.1. The zero-order valence-electron chi connectivity index (χ0n) is 15.6. The Hall–Kier alpha value is -2.68. The van der Waals surface area contributed by atoms with E-state index >= 15 is 0 Å². The Kier molecular flexibility index (Phi) is 6.45. The fourth-order valence-electron chi connectivity index (χ4n) is 3.20. The molecule has 0 saturated carbocycles. The largest absolute Gasteiger partial charge is 0.465 e. The van der Waals surface area contributed by atoms with Crippen molar-refractivity contribution in [3.63, 3.8) is 0 Å². The van der Waals surface area contributed by atoms with Crippen LogP contribution in [0.4, 0.5) is 11.8 Å². The van der Waals surface area contributed by atoms with Gasteiger partial charge in [-0.15, -0.1) is 12.4 Å². The predicted octanol–water partition coefficient (Wildman–Crippen LogP) is 2.32. The lowest BCUT2D eigenvalue weighted by atomic mass is 10.2. The number of piperazine rings is 1. The molecule has 0 radical (unpaired) electrons. The van der Waals surface area contributed by atoms with E-state index in [1.54, 1.807) is 24.4 Å². The minimum Gasteiger partial charge on any atom is -0.465 e. The molecule has 1 saturated heterocycles. The molecule has 3 heterocycles. The normalized spacial score (nSPS) is 14.5. The fourth-order valence-corrected chi connectivity index (χ4v) is 3.20. The number of carbonyl (C=O) groups excluding carboxylic acids is 1. The average Bonchev–Trinajstić information content (AvgIpc) is 3.09. The van der Waals surface area contributed by atoms with E-state index in [2.05, 4.69) is 30.5 Å². The second-order valence-corrected chi connectivity index (χ2v) is 6.51. The lowest BCUT2D eigenvalue weighted by Gasteiger charge is -2.27. The number of nitrogens with zero attached hydrogens (tertiary/aromatic N) is 3. The maximum absolute atomic E-state index is 11.7. The van der Waals surface area contributed by atoms with Gasteiger partial charge < -0.3 is 20.4 Å². The van der Waals surface area contributed by atoms with E-state index in [9.17, 15) is 4.79 Å². The summed E-state index contributed by atoms with van der Waals surface area (Å²) in [5.74, 6) is 0.942. The highest BCUT2D eigenvalue weighted by Crippen LogP contribution is 2.20. The molecule has 8 nitrogen and oxygen atoms in total. The summed E-state index contributed by atoms with van der Waals surface area (Å²) in [7, 11) is 1.37. The molecule has 0 unspecified atom stereocenters. The Morgan fingerprint density at radius 2 is 2.07 bits per heavy atom. The van der Waals surface area contributed by atoms with Crippen molar-refractivity contribution in [2.75, 3.05) is 38.6 Å². The lowest BCUT2D eigenvalue weighted by molar-refractivity contribution is 0.0601. The SMILES string of the molecule is COC(=O)c1ccc2nc(Nc3cc(CN4CCNCC4)ccn3)[nH]c2c1.Cl. The number of halogens is 1. The first kappa shape index (κ1) is 20.1. The van der Waals surface area contributed by atoms with Crippen LogP contribution in [-0.2, 0) is 11.3 Å². The van der Waals surface area contributed by atoms with Crippen LogP contribution in [0.1, 0.15) is 15.9 Å². The third-order valence-electron chi connectivity index (χ3n) is 4.59. The first-order chi connectivity index (χ1) is 13.2. The number of nitrogens with one attached hydrogen (secondary N) is 3. The van der Waals surface area contributed by atoms with Crippen LogP contribution in [0.5, 0.6) is 0 Å². The Morgan fingerprint density at radius 1 is 1.25 bits per heavy atom. The summed E-state index contributed by atoms with van der Waals surface area (Å²) in [6, 6.07) is 9.29. The van der Waals surface area contributed by atoms with E-state index in [4.69, 9.17) is 4.74 Å². The fraction of sp³-hybridized carbons (Fsp3) is 0.316. The number of ether oxygens (including phenoxy) is 1. The molecule has 0 amide bonds. The van der Waals surface area contributed by atoms with Gasteiger partial charge in [0.2, 0.25) is 5.95 Å². The van der Waals surface area contributed by atoms with E-state index < -0.39 is 0 Å². The molecule has 148 valence electrons. The number of aromatic amines is 1. The molecule has 3 aromatic rings. The molecule has 3 N–H and O–H groups in total. The number of imidazole rings is 1. The monoisotopic (exact) mass is 402 g/mol. The Balaban J connectivity index is 0.00000225. The van der Waals surface area contributed by atoms with Gasteiger partial charge in [-0.05, 0) is 35.9 Å². The van der Waals surface area contributed by atoms with Crippen LogP contribution in [-0.4, -0.2) is 59.1 Å². The van der Waals surface area contributed by atoms with E-state index in [0.29, 0.717) is 11.5 Å². The zero-order valence-corrected chi connectivity index (χ0v) is 16.4. The molecule has 9 heteroatoms. The molecule has 2 aromatic heterocycles. The van der Waals surface area contributed by atoms with Crippen LogP contribution in [0, 0.1) is 0 Å². The number of esters is 1. The highest BCUT2D eigenvalue weighted by atomic mass is 35.5. The van der Waals surface area contributed by atoms with Crippen molar-refractivity contribution in [3.8, 4) is 0 Å². The molecule has 1 aliphatic rings. The van der Waals surface area contributed by atoms with Gasteiger partial charge in [-0.2, -0.15) is 0 Å². The lowest BCUT2D eigenvalue weighted by Crippen LogP contribution is -2.42. The van der Waals surface area contributed by atoms with Gasteiger partial charge in [-0.1, -0.05) is 0 Å². The van der Waals surface area contributed by atoms with E-state index in [0.717, 1.165) is 49.6 Å². The molecule has 1 aliphatic heterocycles. The summed E-state index contributed by atoms with van der Waals surface area (Å²) in [5.41, 5.74) is 3.22. The molecule has 0 bridgehead atoms. The Bertz CT molecular complexity index is 955. The maximum Gasteiger partial charge on any atom is 0.337 e. The topological polar surface area (TPSA) is 95.2 Å². The summed E-state index contributed by atoms with van der Waals surface area (Å²) in [6.07, 6.45) is 1.80. The van der Waals surface area contributed by atoms with Crippen LogP contribution in [0.25, 0.3) is 11.0 Å². The number of anilines is 2. The van der Waals surface area contributed by atoms with E-state index in [1.807, 2.05) is 12.1 Å². The van der Waals surface area contributed by atoms with Crippen LogP contribution < -0.4 is 10.6 Å². The van der Waals surface area contributed by atoms with Crippen LogP contribution >= 0.6 is 12.4 Å². The molecule has 0 aliphatic carbocycles. The summed E-state index contributed by atoms with van der Waals surface area (Å²) < 4.78 is 4.76. The van der Waals surface area contributed by atoms with Gasteiger partial charge in [0, 0.05) is 38.9 Å². The van der Waals surface area contributed by atoms with Crippen molar-refractivity contribution in [3.05, 3.63) is 47.7 Å². The number of hydrogen-bond acceptors (Lipinski definition) is 7. The highest BCUT2D eigenvalue weighted by Gasteiger charge is 2.12. The quantitative estimate of drug-likeness (QED) is 0.563. The van der Waals surface area contributed by atoms with Crippen LogP contribution in [0.15, 0.2) is 36.5 Å². The number of fused-ring (bicyclic) bond motifs is 1. The third kappa shape index (κ3) is 4.59. The van der Waals surface area contributed by atoms with Crippen molar-refractivity contribution >= 4 is 41.2 Å².